The molecule has 0 saturated heterocycles. The van der Waals surface area contributed by atoms with E-state index in [4.69, 9.17) is 10.4 Å². The van der Waals surface area contributed by atoms with Crippen molar-refractivity contribution in [3.8, 4) is 6.07 Å². The first kappa shape index (κ1) is 9.01. The summed E-state index contributed by atoms with van der Waals surface area (Å²) < 4.78 is 0. The third kappa shape index (κ3) is 1.74. The first-order valence-corrected chi connectivity index (χ1v) is 3.96. The number of carbonyl (C=O) groups is 1. The predicted molar refractivity (Wildman–Crippen MR) is 42.0 cm³/mol. The van der Waals surface area contributed by atoms with E-state index in [1.54, 1.807) is 11.9 Å². The zero-order chi connectivity index (χ0) is 9.14. The molecule has 0 radical (unpaired) electrons. The van der Waals surface area contributed by atoms with E-state index in [9.17, 15) is 4.79 Å². The average Bonchev–Trinajstić information content (AvgIpc) is 1.98. The van der Waals surface area contributed by atoms with Crippen LogP contribution in [0.5, 0.6) is 0 Å². The Kier molecular flexibility index (Phi) is 2.66. The summed E-state index contributed by atoms with van der Waals surface area (Å²) in [6, 6.07) is 1.95. The Hall–Kier alpha value is -1.08. The van der Waals surface area contributed by atoms with Gasteiger partial charge in [0, 0.05) is 13.1 Å². The number of hydrogen-bond acceptors (Lipinski definition) is 3. The van der Waals surface area contributed by atoms with E-state index < -0.39 is 0 Å². The lowest BCUT2D eigenvalue weighted by Gasteiger charge is -2.38. The maximum absolute atomic E-state index is 11.1. The van der Waals surface area contributed by atoms with Gasteiger partial charge in [0.2, 0.25) is 5.91 Å². The fraction of sp³-hybridized carbons (Fsp3) is 0.750. The van der Waals surface area contributed by atoms with Crippen LogP contribution in [-0.4, -0.2) is 35.1 Å². The van der Waals surface area contributed by atoms with Gasteiger partial charge in [0.1, 0.15) is 6.42 Å². The molecule has 0 atom stereocenters. The molecule has 1 amide bonds. The minimum atomic E-state index is -0.257. The number of amides is 1. The van der Waals surface area contributed by atoms with Gasteiger partial charge in [-0.1, -0.05) is 0 Å². The van der Waals surface area contributed by atoms with E-state index in [0.717, 1.165) is 0 Å². The topological polar surface area (TPSA) is 64.3 Å². The fourth-order valence-corrected chi connectivity index (χ4v) is 1.27. The van der Waals surface area contributed by atoms with Gasteiger partial charge >= 0.3 is 0 Å². The molecule has 4 nitrogen and oxygen atoms in total. The molecule has 0 aromatic rings. The first-order chi connectivity index (χ1) is 5.65. The van der Waals surface area contributed by atoms with Crippen LogP contribution in [0.1, 0.15) is 19.3 Å². The van der Waals surface area contributed by atoms with Crippen molar-refractivity contribution in [3.05, 3.63) is 0 Å². The molecule has 0 spiro atoms. The summed E-state index contributed by atoms with van der Waals surface area (Å²) in [4.78, 5) is 12.7. The number of aliphatic hydroxyl groups excluding tert-OH is 1. The highest BCUT2D eigenvalue weighted by atomic mass is 16.3. The second-order valence-corrected chi connectivity index (χ2v) is 3.12. The largest absolute Gasteiger partial charge is 0.393 e. The van der Waals surface area contributed by atoms with Crippen LogP contribution in [0.15, 0.2) is 0 Å². The van der Waals surface area contributed by atoms with Gasteiger partial charge in [0.25, 0.3) is 0 Å². The third-order valence-electron chi connectivity index (χ3n) is 2.26. The van der Waals surface area contributed by atoms with Crippen LogP contribution >= 0.6 is 0 Å². The SMILES string of the molecule is CN(C(=O)CC#N)C1CC(O)C1. The van der Waals surface area contributed by atoms with E-state index in [0.29, 0.717) is 12.8 Å². The van der Waals surface area contributed by atoms with Gasteiger partial charge in [-0.3, -0.25) is 4.79 Å². The third-order valence-corrected chi connectivity index (χ3v) is 2.26. The maximum atomic E-state index is 11.1. The fourth-order valence-electron chi connectivity index (χ4n) is 1.27. The standard InChI is InChI=1S/C8H12N2O2/c1-10(8(12)2-3-9)6-4-7(11)5-6/h6-7,11H,2,4-5H2,1H3. The zero-order valence-corrected chi connectivity index (χ0v) is 7.03. The normalized spacial score (nSPS) is 27.1. The van der Waals surface area contributed by atoms with Crippen LogP contribution in [0.4, 0.5) is 0 Å². The molecule has 1 aliphatic carbocycles. The molecule has 0 aliphatic heterocycles. The lowest BCUT2D eigenvalue weighted by Crippen LogP contribution is -2.47. The summed E-state index contributed by atoms with van der Waals surface area (Å²) in [5, 5.41) is 17.2. The summed E-state index contributed by atoms with van der Waals surface area (Å²) in [6.07, 6.45) is 0.970. The highest BCUT2D eigenvalue weighted by Gasteiger charge is 2.32. The van der Waals surface area contributed by atoms with Crippen molar-refractivity contribution < 1.29 is 9.90 Å². The molecule has 0 heterocycles. The summed E-state index contributed by atoms with van der Waals surface area (Å²) >= 11 is 0. The molecular weight excluding hydrogens is 156 g/mol. The van der Waals surface area contributed by atoms with Gasteiger partial charge in [0.05, 0.1) is 12.2 Å². The molecule has 1 N–H and O–H groups in total. The lowest BCUT2D eigenvalue weighted by molar-refractivity contribution is -0.134. The van der Waals surface area contributed by atoms with E-state index in [1.807, 2.05) is 6.07 Å². The van der Waals surface area contributed by atoms with Crippen LogP contribution in [0, 0.1) is 11.3 Å². The zero-order valence-electron chi connectivity index (χ0n) is 7.03. The Morgan fingerprint density at radius 2 is 2.33 bits per heavy atom. The lowest BCUT2D eigenvalue weighted by atomic mass is 9.88. The number of rotatable bonds is 2. The first-order valence-electron chi connectivity index (χ1n) is 3.96. The summed E-state index contributed by atoms with van der Waals surface area (Å²) in [5.74, 6) is -0.158. The maximum Gasteiger partial charge on any atom is 0.236 e. The van der Waals surface area contributed by atoms with Gasteiger partial charge in [0.15, 0.2) is 0 Å². The Balaban J connectivity index is 2.34. The Morgan fingerprint density at radius 3 is 2.75 bits per heavy atom. The molecule has 0 unspecified atom stereocenters. The van der Waals surface area contributed by atoms with Gasteiger partial charge < -0.3 is 10.0 Å². The van der Waals surface area contributed by atoms with Crippen LogP contribution in [0.25, 0.3) is 0 Å². The van der Waals surface area contributed by atoms with E-state index >= 15 is 0 Å². The second-order valence-electron chi connectivity index (χ2n) is 3.12. The van der Waals surface area contributed by atoms with Crippen LogP contribution in [0.2, 0.25) is 0 Å². The molecule has 1 saturated carbocycles. The van der Waals surface area contributed by atoms with Crippen molar-refractivity contribution >= 4 is 5.91 Å². The minimum absolute atomic E-state index is 0.0664. The van der Waals surface area contributed by atoms with Gasteiger partial charge in [-0.25, -0.2) is 0 Å². The Labute approximate surface area is 71.4 Å². The number of hydrogen-bond donors (Lipinski definition) is 1. The molecule has 4 heteroatoms. The highest BCUT2D eigenvalue weighted by Crippen LogP contribution is 2.24. The monoisotopic (exact) mass is 168 g/mol. The summed E-state index contributed by atoms with van der Waals surface area (Å²) in [7, 11) is 1.68. The summed E-state index contributed by atoms with van der Waals surface area (Å²) in [6.45, 7) is 0. The van der Waals surface area contributed by atoms with Gasteiger partial charge in [-0.2, -0.15) is 5.26 Å². The van der Waals surface area contributed by atoms with Crippen molar-refractivity contribution in [2.45, 2.75) is 31.4 Å². The smallest absolute Gasteiger partial charge is 0.236 e. The molecule has 1 fully saturated rings. The molecule has 1 aliphatic rings. The molecule has 12 heavy (non-hydrogen) atoms. The number of aliphatic hydroxyl groups is 1. The van der Waals surface area contributed by atoms with Crippen molar-refractivity contribution in [1.82, 2.24) is 4.90 Å². The minimum Gasteiger partial charge on any atom is -0.393 e. The molecule has 0 bridgehead atoms. The number of carbonyl (C=O) groups excluding carboxylic acids is 1. The Morgan fingerprint density at radius 1 is 1.75 bits per heavy atom. The van der Waals surface area contributed by atoms with Crippen molar-refractivity contribution in [2.75, 3.05) is 7.05 Å². The van der Waals surface area contributed by atoms with Crippen molar-refractivity contribution in [3.63, 3.8) is 0 Å². The molecule has 0 aromatic carbocycles. The van der Waals surface area contributed by atoms with Crippen LogP contribution in [-0.2, 0) is 4.79 Å². The summed E-state index contributed by atoms with van der Waals surface area (Å²) in [5.41, 5.74) is 0. The predicted octanol–water partition coefficient (Wildman–Crippen LogP) is -0.118. The Bertz CT molecular complexity index is 216. The quantitative estimate of drug-likeness (QED) is 0.625. The molecule has 1 rings (SSSR count). The molecular formula is C8H12N2O2. The van der Waals surface area contributed by atoms with E-state index in [1.165, 1.54) is 0 Å². The highest BCUT2D eigenvalue weighted by molar-refractivity contribution is 5.78. The van der Waals surface area contributed by atoms with E-state index in [2.05, 4.69) is 0 Å². The molecule has 66 valence electrons. The molecule has 0 aromatic heterocycles. The second kappa shape index (κ2) is 3.55. The van der Waals surface area contributed by atoms with Gasteiger partial charge in [-0.15, -0.1) is 0 Å². The van der Waals surface area contributed by atoms with Crippen molar-refractivity contribution in [2.24, 2.45) is 0 Å². The number of nitriles is 1. The van der Waals surface area contributed by atoms with Crippen LogP contribution in [0.3, 0.4) is 0 Å². The number of nitrogens with zero attached hydrogens (tertiary/aromatic N) is 2. The van der Waals surface area contributed by atoms with Crippen molar-refractivity contribution in [1.29, 1.82) is 5.26 Å². The van der Waals surface area contributed by atoms with Crippen LogP contribution < -0.4 is 0 Å². The van der Waals surface area contributed by atoms with Gasteiger partial charge in [-0.05, 0) is 12.8 Å². The van der Waals surface area contributed by atoms with E-state index in [-0.39, 0.29) is 24.5 Å². The average molecular weight is 168 g/mol.